The highest BCUT2D eigenvalue weighted by Gasteiger charge is 2.40. The average molecular weight is 351 g/mol. The van der Waals surface area contributed by atoms with Gasteiger partial charge in [-0.25, -0.2) is 4.90 Å². The van der Waals surface area contributed by atoms with Crippen LogP contribution in [0.1, 0.15) is 11.1 Å². The minimum atomic E-state index is -0.489. The number of imide groups is 1. The van der Waals surface area contributed by atoms with Gasteiger partial charge in [-0.15, -0.1) is 0 Å². The molecule has 2 amide bonds. The van der Waals surface area contributed by atoms with Crippen LogP contribution in [0.15, 0.2) is 59.8 Å². The second kappa shape index (κ2) is 5.60. The summed E-state index contributed by atoms with van der Waals surface area (Å²) in [7, 11) is 1.91. The standard InChI is InChI=1S/C20H15ClN2O2/c1-12-8-9-14-15(11-22(2)16(14)10-12)17-18(21)20(25)23(19(17)24)13-6-4-3-5-7-13/h3-11H,1-2H3. The Labute approximate surface area is 149 Å². The van der Waals surface area contributed by atoms with Crippen molar-refractivity contribution in [3.05, 3.63) is 70.9 Å². The number of benzene rings is 2. The normalized spacial score (nSPS) is 14.9. The molecule has 1 aliphatic heterocycles. The van der Waals surface area contributed by atoms with Crippen LogP contribution in [0.5, 0.6) is 0 Å². The molecule has 0 saturated carbocycles. The molecule has 0 N–H and O–H groups in total. The van der Waals surface area contributed by atoms with Gasteiger partial charge in [0.05, 0.1) is 11.3 Å². The minimum Gasteiger partial charge on any atom is -0.350 e. The molecule has 3 aromatic rings. The molecule has 1 aromatic heterocycles. The fourth-order valence-corrected chi connectivity index (χ4v) is 3.51. The lowest BCUT2D eigenvalue weighted by Gasteiger charge is -2.14. The SMILES string of the molecule is Cc1ccc2c(C3=C(Cl)C(=O)N(c4ccccc4)C3=O)cn(C)c2c1. The number of aryl methyl sites for hydroxylation is 2. The Morgan fingerprint density at radius 2 is 1.68 bits per heavy atom. The highest BCUT2D eigenvalue weighted by atomic mass is 35.5. The van der Waals surface area contributed by atoms with Crippen molar-refractivity contribution in [2.24, 2.45) is 7.05 Å². The van der Waals surface area contributed by atoms with Gasteiger partial charge in [0.2, 0.25) is 0 Å². The van der Waals surface area contributed by atoms with Crippen molar-refractivity contribution >= 4 is 45.6 Å². The summed E-state index contributed by atoms with van der Waals surface area (Å²) >= 11 is 6.30. The first-order chi connectivity index (χ1) is 12.0. The lowest BCUT2D eigenvalue weighted by Crippen LogP contribution is -2.31. The monoisotopic (exact) mass is 350 g/mol. The first kappa shape index (κ1) is 15.7. The number of anilines is 1. The van der Waals surface area contributed by atoms with Crippen molar-refractivity contribution in [1.29, 1.82) is 0 Å². The van der Waals surface area contributed by atoms with Crippen molar-refractivity contribution in [3.8, 4) is 0 Å². The molecule has 124 valence electrons. The summed E-state index contributed by atoms with van der Waals surface area (Å²) in [6.07, 6.45) is 1.85. The van der Waals surface area contributed by atoms with Crippen LogP contribution < -0.4 is 4.90 Å². The number of halogens is 1. The number of amides is 2. The maximum absolute atomic E-state index is 13.0. The molecule has 1 aliphatic rings. The van der Waals surface area contributed by atoms with Crippen molar-refractivity contribution in [3.63, 3.8) is 0 Å². The van der Waals surface area contributed by atoms with E-state index in [-0.39, 0.29) is 10.6 Å². The Bertz CT molecular complexity index is 1060. The molecule has 0 bridgehead atoms. The van der Waals surface area contributed by atoms with Gasteiger partial charge in [0.15, 0.2) is 0 Å². The van der Waals surface area contributed by atoms with Gasteiger partial charge in [0, 0.05) is 29.7 Å². The highest BCUT2D eigenvalue weighted by molar-refractivity contribution is 6.60. The summed E-state index contributed by atoms with van der Waals surface area (Å²) in [5.74, 6) is -0.883. The number of para-hydroxylation sites is 1. The fourth-order valence-electron chi connectivity index (χ4n) is 3.24. The van der Waals surface area contributed by atoms with E-state index in [0.29, 0.717) is 11.3 Å². The Morgan fingerprint density at radius 3 is 2.40 bits per heavy atom. The van der Waals surface area contributed by atoms with Gasteiger partial charge in [-0.1, -0.05) is 41.9 Å². The maximum atomic E-state index is 13.0. The van der Waals surface area contributed by atoms with E-state index in [1.54, 1.807) is 24.3 Å². The topological polar surface area (TPSA) is 42.3 Å². The molecule has 0 radical (unpaired) electrons. The third kappa shape index (κ3) is 2.29. The predicted octanol–water partition coefficient (Wildman–Crippen LogP) is 4.01. The van der Waals surface area contributed by atoms with Crippen LogP contribution in [0.4, 0.5) is 5.69 Å². The summed E-state index contributed by atoms with van der Waals surface area (Å²) in [6, 6.07) is 14.8. The van der Waals surface area contributed by atoms with Crippen molar-refractivity contribution < 1.29 is 9.59 Å². The molecule has 0 unspecified atom stereocenters. The maximum Gasteiger partial charge on any atom is 0.277 e. The van der Waals surface area contributed by atoms with Gasteiger partial charge < -0.3 is 4.57 Å². The molecule has 4 nitrogen and oxygen atoms in total. The average Bonchev–Trinajstić information content (AvgIpc) is 3.03. The second-order valence-electron chi connectivity index (χ2n) is 6.14. The molecule has 2 heterocycles. The number of carbonyl (C=O) groups is 2. The summed E-state index contributed by atoms with van der Waals surface area (Å²) in [5, 5.41) is 0.860. The zero-order chi connectivity index (χ0) is 17.7. The molecule has 0 saturated heterocycles. The molecule has 0 fully saturated rings. The van der Waals surface area contributed by atoms with E-state index in [0.717, 1.165) is 21.4 Å². The van der Waals surface area contributed by atoms with E-state index in [9.17, 15) is 9.59 Å². The highest BCUT2D eigenvalue weighted by Crippen LogP contribution is 2.38. The zero-order valence-corrected chi connectivity index (χ0v) is 14.5. The summed E-state index contributed by atoms with van der Waals surface area (Å²) < 4.78 is 1.94. The summed E-state index contributed by atoms with van der Waals surface area (Å²) in [4.78, 5) is 26.7. The van der Waals surface area contributed by atoms with Crippen molar-refractivity contribution in [2.45, 2.75) is 6.92 Å². The summed E-state index contributed by atoms with van der Waals surface area (Å²) in [5.41, 5.74) is 3.57. The van der Waals surface area contributed by atoms with E-state index in [4.69, 9.17) is 11.6 Å². The van der Waals surface area contributed by atoms with E-state index in [1.807, 2.05) is 49.0 Å². The van der Waals surface area contributed by atoms with E-state index >= 15 is 0 Å². The smallest absolute Gasteiger partial charge is 0.277 e. The fraction of sp³-hybridized carbons (Fsp3) is 0.100. The first-order valence-electron chi connectivity index (χ1n) is 7.88. The number of nitrogens with zero attached hydrogens (tertiary/aromatic N) is 2. The number of hydrogen-bond acceptors (Lipinski definition) is 2. The molecule has 25 heavy (non-hydrogen) atoms. The Balaban J connectivity index is 1.89. The zero-order valence-electron chi connectivity index (χ0n) is 13.8. The van der Waals surface area contributed by atoms with Crippen LogP contribution >= 0.6 is 11.6 Å². The van der Waals surface area contributed by atoms with Gasteiger partial charge in [0.25, 0.3) is 11.8 Å². The minimum absolute atomic E-state index is 0.0399. The third-order valence-electron chi connectivity index (χ3n) is 4.46. The van der Waals surface area contributed by atoms with Crippen molar-refractivity contribution in [2.75, 3.05) is 4.90 Å². The molecule has 0 atom stereocenters. The van der Waals surface area contributed by atoms with E-state index < -0.39 is 11.8 Å². The van der Waals surface area contributed by atoms with Crippen LogP contribution in [-0.4, -0.2) is 16.4 Å². The number of rotatable bonds is 2. The first-order valence-corrected chi connectivity index (χ1v) is 8.26. The Hall–Kier alpha value is -2.85. The molecular weight excluding hydrogens is 336 g/mol. The van der Waals surface area contributed by atoms with Gasteiger partial charge in [-0.2, -0.15) is 0 Å². The number of aromatic nitrogens is 1. The third-order valence-corrected chi connectivity index (χ3v) is 4.81. The second-order valence-corrected chi connectivity index (χ2v) is 6.52. The molecule has 0 aliphatic carbocycles. The van der Waals surface area contributed by atoms with Gasteiger partial charge >= 0.3 is 0 Å². The van der Waals surface area contributed by atoms with E-state index in [2.05, 4.69) is 0 Å². The predicted molar refractivity (Wildman–Crippen MR) is 99.4 cm³/mol. The Kier molecular flexibility index (Phi) is 3.51. The number of hydrogen-bond donors (Lipinski definition) is 0. The van der Waals surface area contributed by atoms with Crippen LogP contribution in [0, 0.1) is 6.92 Å². The molecular formula is C20H15ClN2O2. The van der Waals surface area contributed by atoms with Crippen LogP contribution in [-0.2, 0) is 16.6 Å². The largest absolute Gasteiger partial charge is 0.350 e. The molecule has 0 spiro atoms. The van der Waals surface area contributed by atoms with Gasteiger partial charge in [-0.05, 0) is 30.7 Å². The van der Waals surface area contributed by atoms with Crippen molar-refractivity contribution in [1.82, 2.24) is 4.57 Å². The molecule has 2 aromatic carbocycles. The van der Waals surface area contributed by atoms with Crippen LogP contribution in [0.2, 0.25) is 0 Å². The molecule has 4 rings (SSSR count). The summed E-state index contributed by atoms with van der Waals surface area (Å²) in [6.45, 7) is 2.01. The van der Waals surface area contributed by atoms with Gasteiger partial charge in [0.1, 0.15) is 5.03 Å². The lowest BCUT2D eigenvalue weighted by molar-refractivity contribution is -0.119. The van der Waals surface area contributed by atoms with Crippen LogP contribution in [0.3, 0.4) is 0 Å². The Morgan fingerprint density at radius 1 is 0.960 bits per heavy atom. The van der Waals surface area contributed by atoms with Gasteiger partial charge in [-0.3, -0.25) is 9.59 Å². The quantitative estimate of drug-likeness (QED) is 0.655. The number of carbonyl (C=O) groups excluding carboxylic acids is 2. The van der Waals surface area contributed by atoms with E-state index in [1.165, 1.54) is 0 Å². The lowest BCUT2D eigenvalue weighted by atomic mass is 10.0. The molecule has 5 heteroatoms. The number of fused-ring (bicyclic) bond motifs is 1. The van der Waals surface area contributed by atoms with Crippen LogP contribution in [0.25, 0.3) is 16.5 Å².